The van der Waals surface area contributed by atoms with E-state index in [2.05, 4.69) is 19.9 Å². The molecule has 1 fully saturated rings. The second-order valence-corrected chi connectivity index (χ2v) is 8.75. The maximum Gasteiger partial charge on any atom is 0.294 e. The van der Waals surface area contributed by atoms with Crippen molar-refractivity contribution in [3.63, 3.8) is 0 Å². The van der Waals surface area contributed by atoms with Gasteiger partial charge in [-0.2, -0.15) is 5.10 Å². The Morgan fingerprint density at radius 2 is 1.94 bits per heavy atom. The van der Waals surface area contributed by atoms with Gasteiger partial charge in [0, 0.05) is 37.3 Å². The van der Waals surface area contributed by atoms with Crippen LogP contribution in [0.4, 0.5) is 5.69 Å². The lowest BCUT2D eigenvalue weighted by Crippen LogP contribution is -2.37. The Morgan fingerprint density at radius 3 is 2.76 bits per heavy atom. The number of fused-ring (bicyclic) bond motifs is 1. The Balaban J connectivity index is 1.53. The number of amides is 1. The molecule has 2 aromatic heterocycles. The van der Waals surface area contributed by atoms with Gasteiger partial charge in [0.05, 0.1) is 11.0 Å². The van der Waals surface area contributed by atoms with Crippen molar-refractivity contribution in [2.45, 2.75) is 58.0 Å². The predicted octanol–water partition coefficient (Wildman–Crippen LogP) is 2.74. The molecule has 0 bridgehead atoms. The number of nitro groups is 1. The first kappa shape index (κ1) is 21.9. The fourth-order valence-electron chi connectivity index (χ4n) is 4.91. The largest absolute Gasteiger partial charge is 0.327 e. The molecule has 0 saturated carbocycles. The average Bonchev–Trinajstić information content (AvgIpc) is 3.39. The number of likely N-dealkylation sites (tertiary alicyclic amines) is 1. The summed E-state index contributed by atoms with van der Waals surface area (Å²) in [7, 11) is 0. The molecule has 1 atom stereocenters. The summed E-state index contributed by atoms with van der Waals surface area (Å²) in [5.41, 5.74) is -0.337. The van der Waals surface area contributed by atoms with Crippen LogP contribution in [-0.2, 0) is 13.0 Å². The summed E-state index contributed by atoms with van der Waals surface area (Å²) in [6.07, 6.45) is 5.63. The Kier molecular flexibility index (Phi) is 5.68. The Bertz CT molecular complexity index is 1330. The van der Waals surface area contributed by atoms with Crippen LogP contribution in [-0.4, -0.2) is 46.8 Å². The van der Waals surface area contributed by atoms with Crippen LogP contribution < -0.4 is 5.43 Å². The van der Waals surface area contributed by atoms with Crippen molar-refractivity contribution in [3.8, 4) is 5.69 Å². The lowest BCUT2D eigenvalue weighted by atomic mass is 10.2. The second-order valence-electron chi connectivity index (χ2n) is 8.75. The Hall–Kier alpha value is -3.89. The highest BCUT2D eigenvalue weighted by Crippen LogP contribution is 2.33. The van der Waals surface area contributed by atoms with Gasteiger partial charge >= 0.3 is 0 Å². The number of benzene rings is 1. The number of aryl methyl sites for hydroxylation is 2. The number of para-hydroxylation sites is 2. The fraction of sp³-hybridized carbons (Fsp3) is 0.435. The van der Waals surface area contributed by atoms with E-state index in [9.17, 15) is 19.7 Å². The molecule has 5 rings (SSSR count). The third-order valence-corrected chi connectivity index (χ3v) is 6.57. The highest BCUT2D eigenvalue weighted by Gasteiger charge is 2.36. The minimum Gasteiger partial charge on any atom is -0.327 e. The van der Waals surface area contributed by atoms with Crippen molar-refractivity contribution >= 4 is 11.6 Å². The maximum atomic E-state index is 13.6. The zero-order chi connectivity index (χ0) is 23.8. The number of nitro benzene ring substituents is 1. The molecule has 4 heterocycles. The van der Waals surface area contributed by atoms with Crippen LogP contribution in [0.2, 0.25) is 0 Å². The van der Waals surface area contributed by atoms with Crippen LogP contribution in [0, 0.1) is 17.0 Å². The standard InChI is InChI=1S/C23H25N7O4/c1-15-14-19(31)21(26-29(15)16-8-4-5-9-17(16)30(33)34)23(32)27-13-7-10-18(27)22-25-24-20-11-3-2-6-12-28(20)22/h4-5,8-9,14,18H,2-3,6-7,10-13H2,1H3. The highest BCUT2D eigenvalue weighted by molar-refractivity contribution is 5.92. The minimum atomic E-state index is -0.511. The van der Waals surface area contributed by atoms with E-state index in [-0.39, 0.29) is 23.1 Å². The van der Waals surface area contributed by atoms with Gasteiger partial charge in [0.15, 0.2) is 11.5 Å². The summed E-state index contributed by atoms with van der Waals surface area (Å²) in [5, 5.41) is 24.6. The summed E-state index contributed by atoms with van der Waals surface area (Å²) in [5.74, 6) is 1.21. The van der Waals surface area contributed by atoms with E-state index in [0.717, 1.165) is 56.7 Å². The summed E-state index contributed by atoms with van der Waals surface area (Å²) >= 11 is 0. The fourth-order valence-corrected chi connectivity index (χ4v) is 4.91. The van der Waals surface area contributed by atoms with E-state index >= 15 is 0 Å². The van der Waals surface area contributed by atoms with Gasteiger partial charge < -0.3 is 9.47 Å². The van der Waals surface area contributed by atoms with Gasteiger partial charge in [0.1, 0.15) is 11.5 Å². The lowest BCUT2D eigenvalue weighted by Gasteiger charge is -2.24. The first-order chi connectivity index (χ1) is 16.5. The molecule has 1 aromatic carbocycles. The number of nitrogens with zero attached hydrogens (tertiary/aromatic N) is 7. The molecule has 11 nitrogen and oxygen atoms in total. The monoisotopic (exact) mass is 463 g/mol. The number of aromatic nitrogens is 5. The number of carbonyl (C=O) groups excluding carboxylic acids is 1. The van der Waals surface area contributed by atoms with E-state index in [0.29, 0.717) is 12.2 Å². The molecule has 34 heavy (non-hydrogen) atoms. The van der Waals surface area contributed by atoms with Crippen molar-refractivity contribution in [1.29, 1.82) is 0 Å². The average molecular weight is 463 g/mol. The van der Waals surface area contributed by atoms with Gasteiger partial charge in [0.2, 0.25) is 5.43 Å². The van der Waals surface area contributed by atoms with Crippen molar-refractivity contribution in [1.82, 2.24) is 29.4 Å². The molecule has 176 valence electrons. The molecule has 0 radical (unpaired) electrons. The molecule has 11 heteroatoms. The third kappa shape index (κ3) is 3.76. The molecule has 0 aliphatic carbocycles. The molecule has 3 aromatic rings. The first-order valence-corrected chi connectivity index (χ1v) is 11.5. The first-order valence-electron chi connectivity index (χ1n) is 11.5. The van der Waals surface area contributed by atoms with Gasteiger partial charge in [-0.15, -0.1) is 10.2 Å². The van der Waals surface area contributed by atoms with Crippen molar-refractivity contribution in [2.24, 2.45) is 0 Å². The second kappa shape index (κ2) is 8.81. The quantitative estimate of drug-likeness (QED) is 0.430. The summed E-state index contributed by atoms with van der Waals surface area (Å²) in [6, 6.07) is 7.13. The molecule has 0 N–H and O–H groups in total. The van der Waals surface area contributed by atoms with E-state index in [4.69, 9.17) is 0 Å². The van der Waals surface area contributed by atoms with Gasteiger partial charge in [-0.05, 0) is 38.7 Å². The van der Waals surface area contributed by atoms with E-state index in [1.165, 1.54) is 16.8 Å². The molecule has 1 amide bonds. The van der Waals surface area contributed by atoms with Crippen LogP contribution in [0.25, 0.3) is 5.69 Å². The Labute approximate surface area is 195 Å². The maximum absolute atomic E-state index is 13.6. The molecule has 2 aliphatic heterocycles. The molecular formula is C23H25N7O4. The predicted molar refractivity (Wildman–Crippen MR) is 122 cm³/mol. The third-order valence-electron chi connectivity index (χ3n) is 6.57. The van der Waals surface area contributed by atoms with Crippen LogP contribution in [0.3, 0.4) is 0 Å². The molecule has 2 aliphatic rings. The SMILES string of the molecule is Cc1cc(=O)c(C(=O)N2CCCC2c2nnc3n2CCCCC3)nn1-c1ccccc1[N+](=O)[O-]. The molecule has 1 unspecified atom stereocenters. The number of hydrogen-bond donors (Lipinski definition) is 0. The van der Waals surface area contributed by atoms with E-state index in [1.54, 1.807) is 30.0 Å². The van der Waals surface area contributed by atoms with E-state index < -0.39 is 16.3 Å². The summed E-state index contributed by atoms with van der Waals surface area (Å²) in [4.78, 5) is 39.1. The van der Waals surface area contributed by atoms with Gasteiger partial charge in [-0.25, -0.2) is 4.68 Å². The van der Waals surface area contributed by atoms with Gasteiger partial charge in [0.25, 0.3) is 11.6 Å². The van der Waals surface area contributed by atoms with Crippen molar-refractivity contribution in [3.05, 3.63) is 73.7 Å². The Morgan fingerprint density at radius 1 is 1.12 bits per heavy atom. The summed E-state index contributed by atoms with van der Waals surface area (Å²) in [6.45, 7) is 2.93. The molecule has 1 saturated heterocycles. The smallest absolute Gasteiger partial charge is 0.294 e. The van der Waals surface area contributed by atoms with Crippen molar-refractivity contribution < 1.29 is 9.72 Å². The summed E-state index contributed by atoms with van der Waals surface area (Å²) < 4.78 is 3.42. The van der Waals surface area contributed by atoms with Crippen LogP contribution >= 0.6 is 0 Å². The molecular weight excluding hydrogens is 438 g/mol. The number of hydrogen-bond acceptors (Lipinski definition) is 7. The van der Waals surface area contributed by atoms with Gasteiger partial charge in [-0.1, -0.05) is 18.6 Å². The zero-order valence-corrected chi connectivity index (χ0v) is 18.9. The number of carbonyl (C=O) groups is 1. The normalized spacial score (nSPS) is 17.9. The topological polar surface area (TPSA) is 129 Å². The highest BCUT2D eigenvalue weighted by atomic mass is 16.6. The van der Waals surface area contributed by atoms with Crippen LogP contribution in [0.1, 0.15) is 66.0 Å². The lowest BCUT2D eigenvalue weighted by molar-refractivity contribution is -0.384. The van der Waals surface area contributed by atoms with Gasteiger partial charge in [-0.3, -0.25) is 19.7 Å². The van der Waals surface area contributed by atoms with Crippen LogP contribution in [0.5, 0.6) is 0 Å². The van der Waals surface area contributed by atoms with Crippen LogP contribution in [0.15, 0.2) is 35.1 Å². The minimum absolute atomic E-state index is 0.162. The molecule has 0 spiro atoms. The zero-order valence-electron chi connectivity index (χ0n) is 18.9. The van der Waals surface area contributed by atoms with Crippen molar-refractivity contribution in [2.75, 3.05) is 6.54 Å². The van der Waals surface area contributed by atoms with E-state index in [1.807, 2.05) is 0 Å². The number of rotatable bonds is 4.